The molecule has 0 spiro atoms. The molecule has 1 aliphatic rings. The molecular formula is C21H18BrN3O4. The van der Waals surface area contributed by atoms with Crippen LogP contribution in [-0.4, -0.2) is 29.3 Å². The van der Waals surface area contributed by atoms with E-state index in [1.54, 1.807) is 25.1 Å². The SMILES string of the molecule is Cc1ccc(NC(=O)CN2C(=O)N[C@](C)(c3cc4ccccc4o3)C2=O)c(Br)c1. The van der Waals surface area contributed by atoms with Gasteiger partial charge in [0.15, 0.2) is 5.54 Å². The smallest absolute Gasteiger partial charge is 0.325 e. The second-order valence-corrected chi connectivity index (χ2v) is 7.98. The molecule has 0 bridgehead atoms. The monoisotopic (exact) mass is 455 g/mol. The molecule has 4 rings (SSSR count). The molecule has 2 heterocycles. The van der Waals surface area contributed by atoms with Gasteiger partial charge in [0, 0.05) is 9.86 Å². The number of fused-ring (bicyclic) bond motifs is 1. The fourth-order valence-electron chi connectivity index (χ4n) is 3.29. The standard InChI is InChI=1S/C21H18BrN3O4/c1-12-7-8-15(14(22)9-12)23-18(26)11-25-19(27)21(2,24-20(25)28)17-10-13-5-3-4-6-16(13)29-17/h3-10H,11H2,1-2H3,(H,23,26)(H,24,28)/t21-/m1/s1. The van der Waals surface area contributed by atoms with E-state index < -0.39 is 29.9 Å². The Kier molecular flexibility index (Phi) is 4.66. The number of furan rings is 1. The number of imide groups is 1. The van der Waals surface area contributed by atoms with E-state index in [0.29, 0.717) is 17.0 Å². The van der Waals surface area contributed by atoms with Crippen LogP contribution < -0.4 is 10.6 Å². The van der Waals surface area contributed by atoms with Crippen LogP contribution in [0.5, 0.6) is 0 Å². The molecule has 2 N–H and O–H groups in total. The number of urea groups is 1. The van der Waals surface area contributed by atoms with Crippen molar-refractivity contribution in [3.63, 3.8) is 0 Å². The van der Waals surface area contributed by atoms with Crippen LogP contribution in [0.25, 0.3) is 11.0 Å². The van der Waals surface area contributed by atoms with Gasteiger partial charge in [0.2, 0.25) is 5.91 Å². The lowest BCUT2D eigenvalue weighted by atomic mass is 9.99. The normalized spacial score (nSPS) is 18.9. The molecule has 4 amide bonds. The maximum absolute atomic E-state index is 13.0. The number of carbonyl (C=O) groups excluding carboxylic acids is 3. The summed E-state index contributed by atoms with van der Waals surface area (Å²) < 4.78 is 6.50. The number of carbonyl (C=O) groups is 3. The third-order valence-electron chi connectivity index (χ3n) is 4.89. The van der Waals surface area contributed by atoms with Crippen LogP contribution in [0.1, 0.15) is 18.2 Å². The van der Waals surface area contributed by atoms with Gasteiger partial charge in [0.1, 0.15) is 17.9 Å². The number of benzene rings is 2. The highest BCUT2D eigenvalue weighted by atomic mass is 79.9. The Balaban J connectivity index is 1.53. The number of hydrogen-bond acceptors (Lipinski definition) is 4. The first-order chi connectivity index (χ1) is 13.8. The lowest BCUT2D eigenvalue weighted by Crippen LogP contribution is -2.41. The van der Waals surface area contributed by atoms with Crippen LogP contribution in [0.2, 0.25) is 0 Å². The minimum Gasteiger partial charge on any atom is -0.458 e. The van der Waals surface area contributed by atoms with Gasteiger partial charge in [0.25, 0.3) is 5.91 Å². The minimum absolute atomic E-state index is 0.321. The summed E-state index contributed by atoms with van der Waals surface area (Å²) in [6.07, 6.45) is 0. The molecule has 1 saturated heterocycles. The van der Waals surface area contributed by atoms with Crippen LogP contribution in [-0.2, 0) is 15.1 Å². The molecule has 1 atom stereocenters. The number of aryl methyl sites for hydroxylation is 1. The van der Waals surface area contributed by atoms with E-state index in [1.807, 2.05) is 37.3 Å². The van der Waals surface area contributed by atoms with Crippen LogP contribution in [0.3, 0.4) is 0 Å². The van der Waals surface area contributed by atoms with Gasteiger partial charge in [-0.3, -0.25) is 14.5 Å². The number of nitrogens with zero attached hydrogens (tertiary/aromatic N) is 1. The molecule has 7 nitrogen and oxygen atoms in total. The van der Waals surface area contributed by atoms with Crippen molar-refractivity contribution >= 4 is 50.4 Å². The van der Waals surface area contributed by atoms with Crippen LogP contribution >= 0.6 is 15.9 Å². The Morgan fingerprint density at radius 1 is 1.21 bits per heavy atom. The summed E-state index contributed by atoms with van der Waals surface area (Å²) in [6, 6.07) is 13.9. The Morgan fingerprint density at radius 3 is 2.69 bits per heavy atom. The average Bonchev–Trinajstić information content (AvgIpc) is 3.20. The van der Waals surface area contributed by atoms with Gasteiger partial charge in [-0.2, -0.15) is 0 Å². The van der Waals surface area contributed by atoms with E-state index in [-0.39, 0.29) is 0 Å². The van der Waals surface area contributed by atoms with Gasteiger partial charge < -0.3 is 15.1 Å². The molecule has 2 aromatic carbocycles. The highest BCUT2D eigenvalue weighted by molar-refractivity contribution is 9.10. The molecule has 0 radical (unpaired) electrons. The van der Waals surface area contributed by atoms with Crippen molar-refractivity contribution in [2.24, 2.45) is 0 Å². The predicted molar refractivity (Wildman–Crippen MR) is 111 cm³/mol. The van der Waals surface area contributed by atoms with E-state index in [0.717, 1.165) is 20.3 Å². The Morgan fingerprint density at radius 2 is 1.97 bits per heavy atom. The number of nitrogens with one attached hydrogen (secondary N) is 2. The predicted octanol–water partition coefficient (Wildman–Crippen LogP) is 3.91. The fourth-order valence-corrected chi connectivity index (χ4v) is 3.88. The summed E-state index contributed by atoms with van der Waals surface area (Å²) >= 11 is 3.39. The first kappa shape index (κ1) is 19.2. The molecule has 148 valence electrons. The molecule has 0 saturated carbocycles. The zero-order valence-electron chi connectivity index (χ0n) is 15.8. The van der Waals surface area contributed by atoms with Crippen LogP contribution in [0, 0.1) is 6.92 Å². The maximum atomic E-state index is 13.0. The quantitative estimate of drug-likeness (QED) is 0.583. The summed E-state index contributed by atoms with van der Waals surface area (Å²) in [5, 5.41) is 6.19. The Labute approximate surface area is 175 Å². The Hall–Kier alpha value is -3.13. The second-order valence-electron chi connectivity index (χ2n) is 7.13. The van der Waals surface area contributed by atoms with E-state index in [4.69, 9.17) is 4.42 Å². The molecule has 8 heteroatoms. The number of hydrogen-bond donors (Lipinski definition) is 2. The number of halogens is 1. The maximum Gasteiger partial charge on any atom is 0.325 e. The van der Waals surface area contributed by atoms with Gasteiger partial charge in [-0.25, -0.2) is 4.79 Å². The number of para-hydroxylation sites is 1. The zero-order chi connectivity index (χ0) is 20.8. The summed E-state index contributed by atoms with van der Waals surface area (Å²) in [5.41, 5.74) is 0.838. The largest absolute Gasteiger partial charge is 0.458 e. The average molecular weight is 456 g/mol. The summed E-state index contributed by atoms with van der Waals surface area (Å²) in [7, 11) is 0. The van der Waals surface area contributed by atoms with Crippen molar-refractivity contribution in [3.8, 4) is 0 Å². The molecule has 0 unspecified atom stereocenters. The second kappa shape index (κ2) is 7.04. The van der Waals surface area contributed by atoms with Crippen LogP contribution in [0.4, 0.5) is 10.5 Å². The zero-order valence-corrected chi connectivity index (χ0v) is 17.4. The Bertz CT molecular complexity index is 1120. The number of amides is 4. The molecule has 1 aliphatic heterocycles. The van der Waals surface area contributed by atoms with Crippen molar-refractivity contribution in [3.05, 3.63) is 64.3 Å². The third-order valence-corrected chi connectivity index (χ3v) is 5.55. The van der Waals surface area contributed by atoms with Gasteiger partial charge in [-0.05, 0) is 59.6 Å². The molecule has 29 heavy (non-hydrogen) atoms. The lowest BCUT2D eigenvalue weighted by Gasteiger charge is -2.19. The summed E-state index contributed by atoms with van der Waals surface area (Å²) in [4.78, 5) is 38.8. The highest BCUT2D eigenvalue weighted by Gasteiger charge is 2.51. The van der Waals surface area contributed by atoms with Gasteiger partial charge in [-0.1, -0.05) is 24.3 Å². The fraction of sp³-hybridized carbons (Fsp3) is 0.190. The van der Waals surface area contributed by atoms with Gasteiger partial charge >= 0.3 is 6.03 Å². The van der Waals surface area contributed by atoms with E-state index >= 15 is 0 Å². The van der Waals surface area contributed by atoms with Crippen molar-refractivity contribution in [2.45, 2.75) is 19.4 Å². The first-order valence-electron chi connectivity index (χ1n) is 8.97. The van der Waals surface area contributed by atoms with Crippen molar-refractivity contribution < 1.29 is 18.8 Å². The first-order valence-corrected chi connectivity index (χ1v) is 9.76. The minimum atomic E-state index is -1.37. The number of anilines is 1. The van der Waals surface area contributed by atoms with E-state index in [2.05, 4.69) is 26.6 Å². The van der Waals surface area contributed by atoms with Crippen molar-refractivity contribution in [1.29, 1.82) is 0 Å². The van der Waals surface area contributed by atoms with Crippen molar-refractivity contribution in [2.75, 3.05) is 11.9 Å². The van der Waals surface area contributed by atoms with Crippen LogP contribution in [0.15, 0.2) is 57.4 Å². The van der Waals surface area contributed by atoms with Gasteiger partial charge in [-0.15, -0.1) is 0 Å². The topological polar surface area (TPSA) is 91.7 Å². The van der Waals surface area contributed by atoms with E-state index in [1.165, 1.54) is 0 Å². The highest BCUT2D eigenvalue weighted by Crippen LogP contribution is 2.33. The van der Waals surface area contributed by atoms with Crippen molar-refractivity contribution in [1.82, 2.24) is 10.2 Å². The molecule has 1 aromatic heterocycles. The number of rotatable bonds is 4. The molecule has 0 aliphatic carbocycles. The molecule has 3 aromatic rings. The van der Waals surface area contributed by atoms with E-state index in [9.17, 15) is 14.4 Å². The molecule has 1 fully saturated rings. The summed E-state index contributed by atoms with van der Waals surface area (Å²) in [6.45, 7) is 3.10. The summed E-state index contributed by atoms with van der Waals surface area (Å²) in [5.74, 6) is -0.701. The van der Waals surface area contributed by atoms with Gasteiger partial charge in [0.05, 0.1) is 5.69 Å². The molecular weight excluding hydrogens is 438 g/mol. The lowest BCUT2D eigenvalue weighted by molar-refractivity contribution is -0.134. The third kappa shape index (κ3) is 3.40.